The molecular weight excluding hydrogens is 304 g/mol. The Bertz CT molecular complexity index is 712. The van der Waals surface area contributed by atoms with E-state index in [1.807, 2.05) is 6.26 Å². The minimum absolute atomic E-state index is 0.451. The minimum Gasteiger partial charge on any atom is -0.472 e. The third-order valence-corrected chi connectivity index (χ3v) is 5.56. The van der Waals surface area contributed by atoms with Crippen molar-refractivity contribution in [1.29, 1.82) is 0 Å². The topological polar surface area (TPSA) is 54.6 Å². The van der Waals surface area contributed by atoms with Crippen LogP contribution in [0, 0.1) is 0 Å². The van der Waals surface area contributed by atoms with Gasteiger partial charge in [-0.2, -0.15) is 0 Å². The Balaban J connectivity index is 1.41. The molecule has 2 fully saturated rings. The molecule has 2 unspecified atom stereocenters. The van der Waals surface area contributed by atoms with Crippen molar-refractivity contribution in [2.45, 2.75) is 37.9 Å². The van der Waals surface area contributed by atoms with Crippen LogP contribution in [0.3, 0.4) is 0 Å². The molecule has 3 aliphatic heterocycles. The van der Waals surface area contributed by atoms with Crippen molar-refractivity contribution in [1.82, 2.24) is 14.9 Å². The second kappa shape index (κ2) is 5.86. The second-order valence-electron chi connectivity index (χ2n) is 6.93. The molecule has 0 aliphatic carbocycles. The zero-order chi connectivity index (χ0) is 15.9. The lowest BCUT2D eigenvalue weighted by Crippen LogP contribution is -2.40. The molecule has 24 heavy (non-hydrogen) atoms. The monoisotopic (exact) mass is 326 g/mol. The molecule has 0 spiro atoms. The molecule has 0 saturated carbocycles. The molecule has 2 atom stereocenters. The molecule has 2 aromatic heterocycles. The number of aromatic nitrogens is 2. The van der Waals surface area contributed by atoms with Crippen molar-refractivity contribution in [3.8, 4) is 0 Å². The predicted molar refractivity (Wildman–Crippen MR) is 88.8 cm³/mol. The molecule has 0 aromatic carbocycles. The average Bonchev–Trinajstić information content (AvgIpc) is 3.23. The van der Waals surface area contributed by atoms with E-state index in [-0.39, 0.29) is 0 Å². The van der Waals surface area contributed by atoms with Crippen LogP contribution in [0.4, 0.5) is 5.95 Å². The number of hydrogen-bond acceptors (Lipinski definition) is 6. The molecule has 0 N–H and O–H groups in total. The van der Waals surface area contributed by atoms with E-state index in [4.69, 9.17) is 14.1 Å². The fourth-order valence-corrected chi connectivity index (χ4v) is 4.32. The summed E-state index contributed by atoms with van der Waals surface area (Å²) < 4.78 is 10.7. The van der Waals surface area contributed by atoms with E-state index in [0.717, 1.165) is 45.2 Å². The molecule has 6 nitrogen and oxygen atoms in total. The Kier molecular flexibility index (Phi) is 3.52. The first-order valence-corrected chi connectivity index (χ1v) is 8.84. The van der Waals surface area contributed by atoms with E-state index in [1.165, 1.54) is 29.7 Å². The van der Waals surface area contributed by atoms with Crippen LogP contribution < -0.4 is 4.90 Å². The summed E-state index contributed by atoms with van der Waals surface area (Å²) in [5, 5.41) is 0. The number of anilines is 1. The van der Waals surface area contributed by atoms with E-state index in [0.29, 0.717) is 12.1 Å². The highest BCUT2D eigenvalue weighted by atomic mass is 16.5. The van der Waals surface area contributed by atoms with Gasteiger partial charge in [0.1, 0.15) is 0 Å². The first-order valence-electron chi connectivity index (χ1n) is 8.84. The van der Waals surface area contributed by atoms with Crippen molar-refractivity contribution < 1.29 is 9.15 Å². The summed E-state index contributed by atoms with van der Waals surface area (Å²) >= 11 is 0. The third kappa shape index (κ3) is 2.41. The fourth-order valence-electron chi connectivity index (χ4n) is 4.32. The molecule has 3 aliphatic rings. The highest BCUT2D eigenvalue weighted by molar-refractivity contribution is 5.37. The van der Waals surface area contributed by atoms with Gasteiger partial charge < -0.3 is 14.1 Å². The molecule has 5 rings (SSSR count). The second-order valence-corrected chi connectivity index (χ2v) is 6.93. The van der Waals surface area contributed by atoms with Crippen molar-refractivity contribution in [2.75, 3.05) is 31.2 Å². The normalized spacial score (nSPS) is 26.6. The lowest BCUT2D eigenvalue weighted by atomic mass is 9.99. The van der Waals surface area contributed by atoms with Gasteiger partial charge in [-0.05, 0) is 18.9 Å². The summed E-state index contributed by atoms with van der Waals surface area (Å²) in [6.07, 6.45) is 9.16. The van der Waals surface area contributed by atoms with Gasteiger partial charge in [-0.1, -0.05) is 0 Å². The van der Waals surface area contributed by atoms with Crippen LogP contribution in [0.5, 0.6) is 0 Å². The van der Waals surface area contributed by atoms with Gasteiger partial charge in [-0.25, -0.2) is 9.97 Å². The molecule has 5 heterocycles. The Morgan fingerprint density at radius 1 is 1.21 bits per heavy atom. The predicted octanol–water partition coefficient (Wildman–Crippen LogP) is 2.17. The average molecular weight is 326 g/mol. The maximum absolute atomic E-state index is 5.43. The van der Waals surface area contributed by atoms with Crippen molar-refractivity contribution >= 4 is 5.95 Å². The molecule has 6 heteroatoms. The molecule has 126 valence electrons. The van der Waals surface area contributed by atoms with E-state index < -0.39 is 0 Å². The zero-order valence-electron chi connectivity index (χ0n) is 13.7. The van der Waals surface area contributed by atoms with Crippen LogP contribution in [0.1, 0.15) is 35.7 Å². The van der Waals surface area contributed by atoms with E-state index in [1.54, 1.807) is 6.26 Å². The molecule has 2 aromatic rings. The van der Waals surface area contributed by atoms with Crippen LogP contribution in [0.2, 0.25) is 0 Å². The van der Waals surface area contributed by atoms with Gasteiger partial charge in [-0.3, -0.25) is 4.90 Å². The van der Waals surface area contributed by atoms with Gasteiger partial charge >= 0.3 is 0 Å². The summed E-state index contributed by atoms with van der Waals surface area (Å²) in [5.41, 5.74) is 3.83. The maximum Gasteiger partial charge on any atom is 0.225 e. The lowest BCUT2D eigenvalue weighted by molar-refractivity contribution is 0.122. The smallest absolute Gasteiger partial charge is 0.225 e. The third-order valence-electron chi connectivity index (χ3n) is 5.56. The molecule has 0 radical (unpaired) electrons. The molecule has 2 saturated heterocycles. The fraction of sp³-hybridized carbons (Fsp3) is 0.556. The molecule has 2 bridgehead atoms. The SMILES string of the molecule is c1cc(CN2C3CCC2c2cnc(N4CCOCC4)nc2C3)co1. The summed E-state index contributed by atoms with van der Waals surface area (Å²) in [5.74, 6) is 0.875. The Morgan fingerprint density at radius 3 is 2.96 bits per heavy atom. The van der Waals surface area contributed by atoms with E-state index >= 15 is 0 Å². The lowest BCUT2D eigenvalue weighted by Gasteiger charge is -2.36. The number of furan rings is 1. The summed E-state index contributed by atoms with van der Waals surface area (Å²) in [4.78, 5) is 14.4. The zero-order valence-corrected chi connectivity index (χ0v) is 13.7. The number of morpholine rings is 1. The highest BCUT2D eigenvalue weighted by Gasteiger charge is 2.41. The first kappa shape index (κ1) is 14.4. The van der Waals surface area contributed by atoms with Gasteiger partial charge in [0.25, 0.3) is 0 Å². The van der Waals surface area contributed by atoms with Crippen LogP contribution >= 0.6 is 0 Å². The number of ether oxygens (including phenoxy) is 1. The van der Waals surface area contributed by atoms with Crippen molar-refractivity contribution in [3.63, 3.8) is 0 Å². The van der Waals surface area contributed by atoms with Crippen LogP contribution in [-0.4, -0.2) is 47.2 Å². The van der Waals surface area contributed by atoms with Gasteiger partial charge in [0.15, 0.2) is 0 Å². The van der Waals surface area contributed by atoms with E-state index in [9.17, 15) is 0 Å². The van der Waals surface area contributed by atoms with Crippen molar-refractivity contribution in [2.24, 2.45) is 0 Å². The molecular formula is C18H22N4O2. The first-order chi connectivity index (χ1) is 11.9. The number of hydrogen-bond donors (Lipinski definition) is 0. The van der Waals surface area contributed by atoms with Gasteiger partial charge in [0, 0.05) is 55.5 Å². The van der Waals surface area contributed by atoms with Gasteiger partial charge in [0.05, 0.1) is 31.4 Å². The summed E-state index contributed by atoms with van der Waals surface area (Å²) in [7, 11) is 0. The van der Waals surface area contributed by atoms with Crippen LogP contribution in [0.15, 0.2) is 29.2 Å². The summed E-state index contributed by atoms with van der Waals surface area (Å²) in [6, 6.07) is 3.10. The Morgan fingerprint density at radius 2 is 2.12 bits per heavy atom. The Hall–Kier alpha value is -1.92. The highest BCUT2D eigenvalue weighted by Crippen LogP contribution is 2.44. The molecule has 0 amide bonds. The van der Waals surface area contributed by atoms with Crippen LogP contribution in [0.25, 0.3) is 0 Å². The Labute approximate surface area is 141 Å². The quantitative estimate of drug-likeness (QED) is 0.862. The maximum atomic E-state index is 5.43. The number of nitrogens with zero attached hydrogens (tertiary/aromatic N) is 4. The number of rotatable bonds is 3. The van der Waals surface area contributed by atoms with Gasteiger partial charge in [-0.15, -0.1) is 0 Å². The van der Waals surface area contributed by atoms with Crippen molar-refractivity contribution in [3.05, 3.63) is 41.6 Å². The van der Waals surface area contributed by atoms with Crippen LogP contribution in [-0.2, 0) is 17.7 Å². The van der Waals surface area contributed by atoms with E-state index in [2.05, 4.69) is 27.0 Å². The minimum atomic E-state index is 0.451. The van der Waals surface area contributed by atoms with Gasteiger partial charge in [0.2, 0.25) is 5.95 Å². The standard InChI is InChI=1S/C18H22N4O2/c1-2-17-15-10-19-18(21-4-7-23-8-5-21)20-16(15)9-14(1)22(17)11-13-3-6-24-12-13/h3,6,10,12,14,17H,1-2,4-5,7-9,11H2. The number of fused-ring (bicyclic) bond motifs is 4. The summed E-state index contributed by atoms with van der Waals surface area (Å²) in [6.45, 7) is 4.27. The largest absolute Gasteiger partial charge is 0.472 e.